The number of esters is 1. The molecule has 2 amide bonds. The second kappa shape index (κ2) is 10.5. The molecular weight excluding hydrogens is 417 g/mol. The van der Waals surface area contributed by atoms with Crippen molar-refractivity contribution in [3.63, 3.8) is 0 Å². The van der Waals surface area contributed by atoms with Gasteiger partial charge in [0, 0.05) is 0 Å². The molecule has 8 nitrogen and oxygen atoms in total. The number of benzene rings is 3. The van der Waals surface area contributed by atoms with Crippen molar-refractivity contribution in [1.29, 1.82) is 0 Å². The fourth-order valence-electron chi connectivity index (χ4n) is 2.59. The van der Waals surface area contributed by atoms with Gasteiger partial charge in [-0.3, -0.25) is 9.59 Å². The Bertz CT molecular complexity index is 1180. The molecule has 2 N–H and O–H groups in total. The van der Waals surface area contributed by atoms with Crippen molar-refractivity contribution >= 4 is 29.7 Å². The van der Waals surface area contributed by atoms with Crippen LogP contribution in [0.5, 0.6) is 11.5 Å². The maximum Gasteiger partial charge on any atom is 0.347 e. The number of anilines is 1. The number of carbonyl (C=O) groups is 3. The van der Waals surface area contributed by atoms with Crippen LogP contribution < -0.4 is 20.2 Å². The van der Waals surface area contributed by atoms with Gasteiger partial charge in [0.2, 0.25) is 0 Å². The predicted octanol–water partition coefficient (Wildman–Crippen LogP) is 3.14. The smallest absolute Gasteiger partial charge is 0.347 e. The van der Waals surface area contributed by atoms with Crippen molar-refractivity contribution in [3.05, 3.63) is 89.7 Å². The average molecular weight is 435 g/mol. The van der Waals surface area contributed by atoms with Gasteiger partial charge in [-0.15, -0.1) is 0 Å². The Kier molecular flexibility index (Phi) is 7.26. The van der Waals surface area contributed by atoms with Gasteiger partial charge < -0.3 is 14.8 Å². The highest BCUT2D eigenvalue weighted by atomic mass is 19.1. The molecule has 0 aliphatic carbocycles. The van der Waals surface area contributed by atoms with Crippen LogP contribution in [0.25, 0.3) is 0 Å². The van der Waals surface area contributed by atoms with Gasteiger partial charge in [-0.25, -0.2) is 14.6 Å². The highest BCUT2D eigenvalue weighted by Crippen LogP contribution is 2.20. The molecule has 0 fully saturated rings. The van der Waals surface area contributed by atoms with Crippen molar-refractivity contribution in [2.75, 3.05) is 12.4 Å². The van der Waals surface area contributed by atoms with Crippen molar-refractivity contribution in [2.24, 2.45) is 5.10 Å². The van der Waals surface area contributed by atoms with Crippen LogP contribution in [0.1, 0.15) is 15.9 Å². The van der Waals surface area contributed by atoms with E-state index in [2.05, 4.69) is 10.4 Å². The maximum atomic E-state index is 13.5. The minimum atomic E-state index is -1.08. The van der Waals surface area contributed by atoms with E-state index < -0.39 is 23.6 Å². The Labute approximate surface area is 182 Å². The highest BCUT2D eigenvalue weighted by Gasteiger charge is 2.15. The van der Waals surface area contributed by atoms with Crippen LogP contribution in [0.4, 0.5) is 10.1 Å². The summed E-state index contributed by atoms with van der Waals surface area (Å²) in [7, 11) is 1.45. The molecule has 32 heavy (non-hydrogen) atoms. The van der Waals surface area contributed by atoms with Crippen molar-refractivity contribution in [1.82, 2.24) is 5.43 Å². The van der Waals surface area contributed by atoms with Gasteiger partial charge in [0.15, 0.2) is 0 Å². The minimum Gasteiger partial charge on any atom is -0.496 e. The van der Waals surface area contributed by atoms with E-state index in [4.69, 9.17) is 9.47 Å². The summed E-state index contributed by atoms with van der Waals surface area (Å²) in [5.74, 6) is -2.80. The molecule has 0 aromatic heterocycles. The number of hydrazone groups is 1. The van der Waals surface area contributed by atoms with Crippen LogP contribution in [0.15, 0.2) is 77.9 Å². The molecule has 9 heteroatoms. The van der Waals surface area contributed by atoms with E-state index in [1.165, 1.54) is 37.6 Å². The zero-order valence-corrected chi connectivity index (χ0v) is 16.9. The SMILES string of the molecule is COc1ccccc1C(=O)Oc1cccc(C=NNC(=O)C(=O)Nc2ccccc2F)c1. The molecule has 0 unspecified atom stereocenters. The van der Waals surface area contributed by atoms with Gasteiger partial charge in [-0.2, -0.15) is 5.10 Å². The lowest BCUT2D eigenvalue weighted by atomic mass is 10.2. The summed E-state index contributed by atoms with van der Waals surface area (Å²) in [4.78, 5) is 36.1. The second-order valence-electron chi connectivity index (χ2n) is 6.30. The zero-order chi connectivity index (χ0) is 22.9. The molecule has 0 atom stereocenters. The number of hydrogen-bond acceptors (Lipinski definition) is 6. The Morgan fingerprint density at radius 1 is 0.938 bits per heavy atom. The van der Waals surface area contributed by atoms with Crippen molar-refractivity contribution in [3.8, 4) is 11.5 Å². The van der Waals surface area contributed by atoms with E-state index in [1.54, 1.807) is 42.5 Å². The van der Waals surface area contributed by atoms with Gasteiger partial charge in [0.05, 0.1) is 19.0 Å². The number of amides is 2. The van der Waals surface area contributed by atoms with Crippen molar-refractivity contribution < 1.29 is 28.2 Å². The minimum absolute atomic E-state index is 0.124. The molecule has 162 valence electrons. The lowest BCUT2D eigenvalue weighted by Crippen LogP contribution is -2.32. The van der Waals surface area contributed by atoms with E-state index >= 15 is 0 Å². The monoisotopic (exact) mass is 435 g/mol. The number of halogens is 1. The Balaban J connectivity index is 1.59. The van der Waals surface area contributed by atoms with Gasteiger partial charge in [0.1, 0.15) is 22.9 Å². The number of carbonyl (C=O) groups excluding carboxylic acids is 3. The maximum absolute atomic E-state index is 13.5. The normalized spacial score (nSPS) is 10.4. The van der Waals surface area contributed by atoms with Gasteiger partial charge in [-0.05, 0) is 42.0 Å². The van der Waals surface area contributed by atoms with E-state index in [9.17, 15) is 18.8 Å². The Hall–Kier alpha value is -4.53. The molecule has 0 aliphatic rings. The van der Waals surface area contributed by atoms with Crippen LogP contribution in [0.3, 0.4) is 0 Å². The summed E-state index contributed by atoms with van der Waals surface area (Å²) < 4.78 is 24.1. The van der Waals surface area contributed by atoms with Crippen LogP contribution in [0.2, 0.25) is 0 Å². The largest absolute Gasteiger partial charge is 0.496 e. The van der Waals surface area contributed by atoms with Gasteiger partial charge in [-0.1, -0.05) is 36.4 Å². The number of ether oxygens (including phenoxy) is 2. The first kappa shape index (κ1) is 22.2. The standard InChI is InChI=1S/C23H18FN3O5/c1-31-20-12-5-2-9-17(20)23(30)32-16-8-6-7-15(13-16)14-25-27-22(29)21(28)26-19-11-4-3-10-18(19)24/h2-14H,1H3,(H,26,28)(H,27,29). The number of rotatable bonds is 6. The fraction of sp³-hybridized carbons (Fsp3) is 0.0435. The molecule has 0 aliphatic heterocycles. The summed E-state index contributed by atoms with van der Waals surface area (Å²) in [5.41, 5.74) is 2.68. The number of nitrogens with zero attached hydrogens (tertiary/aromatic N) is 1. The van der Waals surface area contributed by atoms with Crippen molar-refractivity contribution in [2.45, 2.75) is 0 Å². The summed E-state index contributed by atoms with van der Waals surface area (Å²) in [6.45, 7) is 0. The van der Waals surface area contributed by atoms with Crippen LogP contribution >= 0.6 is 0 Å². The fourth-order valence-corrected chi connectivity index (χ4v) is 2.59. The summed E-state index contributed by atoms with van der Waals surface area (Å²) >= 11 is 0. The molecule has 0 saturated carbocycles. The van der Waals surface area contributed by atoms with E-state index in [0.29, 0.717) is 11.3 Å². The molecular formula is C23H18FN3O5. The second-order valence-corrected chi connectivity index (χ2v) is 6.30. The van der Waals surface area contributed by atoms with Gasteiger partial charge in [0.25, 0.3) is 0 Å². The first-order chi connectivity index (χ1) is 15.5. The van der Waals surface area contributed by atoms with E-state index in [-0.39, 0.29) is 17.0 Å². The van der Waals surface area contributed by atoms with E-state index in [1.807, 2.05) is 5.43 Å². The first-order valence-electron chi connectivity index (χ1n) is 9.32. The lowest BCUT2D eigenvalue weighted by Gasteiger charge is -2.08. The number of para-hydroxylation sites is 2. The molecule has 3 aromatic carbocycles. The molecule has 3 aromatic rings. The third kappa shape index (κ3) is 5.76. The molecule has 0 spiro atoms. The molecule has 0 radical (unpaired) electrons. The van der Waals surface area contributed by atoms with E-state index in [0.717, 1.165) is 6.07 Å². The van der Waals surface area contributed by atoms with Crippen LogP contribution in [0, 0.1) is 5.82 Å². The summed E-state index contributed by atoms with van der Waals surface area (Å²) in [5, 5.41) is 5.84. The number of hydrogen-bond donors (Lipinski definition) is 2. The average Bonchev–Trinajstić information content (AvgIpc) is 2.80. The Morgan fingerprint density at radius 2 is 1.69 bits per heavy atom. The summed E-state index contributed by atoms with van der Waals surface area (Å²) in [6.07, 6.45) is 1.26. The third-order valence-electron chi connectivity index (χ3n) is 4.10. The highest BCUT2D eigenvalue weighted by molar-refractivity contribution is 6.39. The number of methoxy groups -OCH3 is 1. The summed E-state index contributed by atoms with van der Waals surface area (Å²) in [6, 6.07) is 18.5. The van der Waals surface area contributed by atoms with Gasteiger partial charge >= 0.3 is 17.8 Å². The lowest BCUT2D eigenvalue weighted by molar-refractivity contribution is -0.136. The molecule has 0 heterocycles. The molecule has 0 bridgehead atoms. The Morgan fingerprint density at radius 3 is 2.47 bits per heavy atom. The third-order valence-corrected chi connectivity index (χ3v) is 4.10. The predicted molar refractivity (Wildman–Crippen MR) is 115 cm³/mol. The quantitative estimate of drug-likeness (QED) is 0.203. The zero-order valence-electron chi connectivity index (χ0n) is 16.9. The topological polar surface area (TPSA) is 106 Å². The van der Waals surface area contributed by atoms with Crippen LogP contribution in [-0.4, -0.2) is 31.1 Å². The number of nitrogens with one attached hydrogen (secondary N) is 2. The molecule has 3 rings (SSSR count). The van der Waals surface area contributed by atoms with Crippen LogP contribution in [-0.2, 0) is 9.59 Å². The molecule has 0 saturated heterocycles. The first-order valence-corrected chi connectivity index (χ1v) is 9.32.